The van der Waals surface area contributed by atoms with Crippen molar-refractivity contribution in [3.63, 3.8) is 0 Å². The number of nitrogens with two attached hydrogens (primary N) is 1. The number of carbonyl (C=O) groups is 1. The lowest BCUT2D eigenvalue weighted by atomic mass is 10.2. The molecule has 1 amide bonds. The minimum atomic E-state index is -0.399. The fraction of sp³-hybridized carbons (Fsp3) is 0.636. The molecule has 0 saturated carbocycles. The highest BCUT2D eigenvalue weighted by molar-refractivity contribution is 7.13. The van der Waals surface area contributed by atoms with Crippen LogP contribution >= 0.6 is 23.7 Å². The molecule has 0 bridgehead atoms. The Hall–Kier alpha value is -0.850. The zero-order valence-electron chi connectivity index (χ0n) is 10.6. The number of aromatic nitrogens is 1. The highest BCUT2D eigenvalue weighted by atomic mass is 35.5. The third kappa shape index (κ3) is 3.34. The monoisotopic (exact) mass is 290 g/mol. The average molecular weight is 291 g/mol. The Morgan fingerprint density at radius 1 is 1.44 bits per heavy atom. The topological polar surface area (TPSA) is 62.5 Å². The molecule has 1 aliphatic rings. The lowest BCUT2D eigenvalue weighted by Gasteiger charge is -2.35. The van der Waals surface area contributed by atoms with Crippen LogP contribution in [0.3, 0.4) is 0 Å². The van der Waals surface area contributed by atoms with Crippen LogP contribution in [-0.2, 0) is 4.79 Å². The molecule has 7 heteroatoms. The van der Waals surface area contributed by atoms with Gasteiger partial charge in [0.05, 0.1) is 11.7 Å². The van der Waals surface area contributed by atoms with Gasteiger partial charge in [-0.2, -0.15) is 0 Å². The first kappa shape index (κ1) is 15.2. The van der Waals surface area contributed by atoms with Crippen molar-refractivity contribution in [2.45, 2.75) is 19.9 Å². The summed E-state index contributed by atoms with van der Waals surface area (Å²) in [6, 6.07) is -0.399. The normalized spacial score (nSPS) is 17.3. The van der Waals surface area contributed by atoms with Gasteiger partial charge in [0.1, 0.15) is 0 Å². The van der Waals surface area contributed by atoms with Gasteiger partial charge in [0.15, 0.2) is 5.13 Å². The molecule has 0 spiro atoms. The number of anilines is 1. The van der Waals surface area contributed by atoms with Crippen molar-refractivity contribution in [2.75, 3.05) is 31.1 Å². The van der Waals surface area contributed by atoms with E-state index in [-0.39, 0.29) is 18.3 Å². The quantitative estimate of drug-likeness (QED) is 0.878. The van der Waals surface area contributed by atoms with Crippen LogP contribution in [0, 0.1) is 6.92 Å². The van der Waals surface area contributed by atoms with Crippen LogP contribution in [0.2, 0.25) is 0 Å². The summed E-state index contributed by atoms with van der Waals surface area (Å²) in [5, 5.41) is 3.10. The van der Waals surface area contributed by atoms with E-state index in [1.165, 1.54) is 0 Å². The predicted octanol–water partition coefficient (Wildman–Crippen LogP) is 0.869. The molecule has 102 valence electrons. The maximum Gasteiger partial charge on any atom is 0.239 e. The van der Waals surface area contributed by atoms with E-state index in [1.54, 1.807) is 18.3 Å². The minimum Gasteiger partial charge on any atom is -0.345 e. The number of piperazine rings is 1. The molecule has 0 radical (unpaired) electrons. The summed E-state index contributed by atoms with van der Waals surface area (Å²) < 4.78 is 0. The van der Waals surface area contributed by atoms with Crippen LogP contribution in [0.1, 0.15) is 12.6 Å². The summed E-state index contributed by atoms with van der Waals surface area (Å²) >= 11 is 1.66. The van der Waals surface area contributed by atoms with E-state index in [1.807, 2.05) is 11.8 Å². The van der Waals surface area contributed by atoms with Gasteiger partial charge in [0.2, 0.25) is 5.91 Å². The molecule has 1 aromatic rings. The average Bonchev–Trinajstić information content (AvgIpc) is 2.75. The number of thiazole rings is 1. The number of nitrogens with zero attached hydrogens (tertiary/aromatic N) is 3. The molecule has 1 aromatic heterocycles. The van der Waals surface area contributed by atoms with E-state index in [0.717, 1.165) is 37.0 Å². The first-order chi connectivity index (χ1) is 8.08. The second-order valence-electron chi connectivity index (χ2n) is 4.37. The van der Waals surface area contributed by atoms with Crippen LogP contribution in [-0.4, -0.2) is 48.0 Å². The van der Waals surface area contributed by atoms with Crippen molar-refractivity contribution in [3.05, 3.63) is 11.1 Å². The fourth-order valence-corrected chi connectivity index (χ4v) is 2.75. The second kappa shape index (κ2) is 6.36. The van der Waals surface area contributed by atoms with Crippen LogP contribution < -0.4 is 10.6 Å². The van der Waals surface area contributed by atoms with Crippen LogP contribution in [0.25, 0.3) is 0 Å². The molecule has 2 N–H and O–H groups in total. The summed E-state index contributed by atoms with van der Waals surface area (Å²) in [7, 11) is 0. The first-order valence-corrected chi connectivity index (χ1v) is 6.67. The first-order valence-electron chi connectivity index (χ1n) is 5.79. The summed E-state index contributed by atoms with van der Waals surface area (Å²) in [4.78, 5) is 20.2. The molecule has 1 fully saturated rings. The van der Waals surface area contributed by atoms with Gasteiger partial charge in [-0.15, -0.1) is 23.7 Å². The smallest absolute Gasteiger partial charge is 0.239 e. The highest BCUT2D eigenvalue weighted by Crippen LogP contribution is 2.21. The van der Waals surface area contributed by atoms with Crippen LogP contribution in [0.15, 0.2) is 5.38 Å². The van der Waals surface area contributed by atoms with Crippen molar-refractivity contribution >= 4 is 34.8 Å². The molecule has 1 saturated heterocycles. The van der Waals surface area contributed by atoms with Gasteiger partial charge in [0.25, 0.3) is 0 Å². The number of hydrogen-bond acceptors (Lipinski definition) is 5. The zero-order chi connectivity index (χ0) is 12.4. The zero-order valence-corrected chi connectivity index (χ0v) is 12.3. The Balaban J connectivity index is 0.00000162. The van der Waals surface area contributed by atoms with Gasteiger partial charge >= 0.3 is 0 Å². The summed E-state index contributed by atoms with van der Waals surface area (Å²) in [6.07, 6.45) is 0. The molecule has 2 rings (SSSR count). The maximum absolute atomic E-state index is 11.7. The molecule has 2 heterocycles. The van der Waals surface area contributed by atoms with Gasteiger partial charge in [-0.1, -0.05) is 0 Å². The number of halogens is 1. The summed E-state index contributed by atoms with van der Waals surface area (Å²) in [5.74, 6) is 0.0416. The van der Waals surface area contributed by atoms with Gasteiger partial charge in [-0.25, -0.2) is 4.98 Å². The number of rotatable bonds is 2. The molecule has 0 aromatic carbocycles. The third-order valence-corrected chi connectivity index (χ3v) is 3.88. The molecular weight excluding hydrogens is 272 g/mol. The molecule has 1 aliphatic heterocycles. The summed E-state index contributed by atoms with van der Waals surface area (Å²) in [5.41, 5.74) is 6.66. The SMILES string of the molecule is Cc1csc(N2CCN(C(=O)C(C)N)CC2)n1.Cl. The van der Waals surface area contributed by atoms with Crippen LogP contribution in [0.4, 0.5) is 5.13 Å². The molecule has 18 heavy (non-hydrogen) atoms. The van der Waals surface area contributed by atoms with Crippen molar-refractivity contribution in [2.24, 2.45) is 5.73 Å². The van der Waals surface area contributed by atoms with Crippen molar-refractivity contribution in [1.29, 1.82) is 0 Å². The molecule has 0 aliphatic carbocycles. The number of amides is 1. The van der Waals surface area contributed by atoms with Crippen molar-refractivity contribution in [1.82, 2.24) is 9.88 Å². The van der Waals surface area contributed by atoms with Crippen molar-refractivity contribution < 1.29 is 4.79 Å². The number of hydrogen-bond donors (Lipinski definition) is 1. The standard InChI is InChI=1S/C11H18N4OS.ClH/c1-8-7-17-11(13-8)15-5-3-14(4-6-15)10(16)9(2)12;/h7,9H,3-6,12H2,1-2H3;1H. The van der Waals surface area contributed by atoms with Gasteiger partial charge < -0.3 is 15.5 Å². The Morgan fingerprint density at radius 2 is 2.06 bits per heavy atom. The van der Waals surface area contributed by atoms with Gasteiger partial charge in [-0.3, -0.25) is 4.79 Å². The van der Waals surface area contributed by atoms with Gasteiger partial charge in [0, 0.05) is 31.6 Å². The predicted molar refractivity (Wildman–Crippen MR) is 76.5 cm³/mol. The summed E-state index contributed by atoms with van der Waals surface area (Å²) in [6.45, 7) is 6.88. The Kier molecular flexibility index (Phi) is 5.37. The molecule has 1 unspecified atom stereocenters. The fourth-order valence-electron chi connectivity index (χ4n) is 1.89. The largest absolute Gasteiger partial charge is 0.345 e. The molecular formula is C11H19ClN4OS. The molecule has 5 nitrogen and oxygen atoms in total. The minimum absolute atomic E-state index is 0. The van der Waals surface area contributed by atoms with E-state index in [4.69, 9.17) is 5.73 Å². The van der Waals surface area contributed by atoms with E-state index in [0.29, 0.717) is 0 Å². The van der Waals surface area contributed by atoms with E-state index in [9.17, 15) is 4.79 Å². The Morgan fingerprint density at radius 3 is 2.50 bits per heavy atom. The van der Waals surface area contributed by atoms with Gasteiger partial charge in [-0.05, 0) is 13.8 Å². The second-order valence-corrected chi connectivity index (χ2v) is 5.21. The third-order valence-electron chi connectivity index (χ3n) is 2.86. The number of carbonyl (C=O) groups excluding carboxylic acids is 1. The van der Waals surface area contributed by atoms with E-state index >= 15 is 0 Å². The molecule has 1 atom stereocenters. The Labute approximate surface area is 117 Å². The lowest BCUT2D eigenvalue weighted by Crippen LogP contribution is -2.52. The van der Waals surface area contributed by atoms with E-state index in [2.05, 4.69) is 15.3 Å². The van der Waals surface area contributed by atoms with E-state index < -0.39 is 6.04 Å². The van der Waals surface area contributed by atoms with Crippen LogP contribution in [0.5, 0.6) is 0 Å². The number of aryl methyl sites for hydroxylation is 1. The van der Waals surface area contributed by atoms with Crippen molar-refractivity contribution in [3.8, 4) is 0 Å². The maximum atomic E-state index is 11.7. The highest BCUT2D eigenvalue weighted by Gasteiger charge is 2.24. The Bertz CT molecular complexity index is 402. The lowest BCUT2D eigenvalue weighted by molar-refractivity contribution is -0.132.